The van der Waals surface area contributed by atoms with Gasteiger partial charge in [-0.1, -0.05) is 23.2 Å². The maximum Gasteiger partial charge on any atom is 0.269 e. The average molecular weight is 340 g/mol. The van der Waals surface area contributed by atoms with Crippen LogP contribution in [0, 0.1) is 10.1 Å². The lowest BCUT2D eigenvalue weighted by Gasteiger charge is -2.18. The molecule has 0 saturated heterocycles. The van der Waals surface area contributed by atoms with E-state index in [0.29, 0.717) is 16.1 Å². The van der Waals surface area contributed by atoms with Crippen molar-refractivity contribution in [3.8, 4) is 0 Å². The summed E-state index contributed by atoms with van der Waals surface area (Å²) < 4.78 is 0. The number of nitro benzene ring substituents is 1. The van der Waals surface area contributed by atoms with E-state index in [1.807, 2.05) is 0 Å². The molecule has 2 rings (SSSR count). The normalized spacial score (nSPS) is 10.3. The van der Waals surface area contributed by atoms with Crippen molar-refractivity contribution in [1.29, 1.82) is 0 Å². The maximum absolute atomic E-state index is 12.3. The summed E-state index contributed by atoms with van der Waals surface area (Å²) >= 11 is 11.8. The maximum atomic E-state index is 12.3. The molecule has 0 unspecified atom stereocenters. The van der Waals surface area contributed by atoms with E-state index in [9.17, 15) is 14.9 Å². The number of non-ortho nitro benzene ring substituents is 1. The van der Waals surface area contributed by atoms with Gasteiger partial charge in [0.1, 0.15) is 5.15 Å². The van der Waals surface area contributed by atoms with Crippen LogP contribution in [0.1, 0.15) is 15.9 Å². The second kappa shape index (κ2) is 6.72. The molecule has 0 saturated carbocycles. The van der Waals surface area contributed by atoms with Crippen LogP contribution >= 0.6 is 23.2 Å². The van der Waals surface area contributed by atoms with Crippen molar-refractivity contribution in [2.45, 2.75) is 6.54 Å². The number of nitrogens with zero attached hydrogens (tertiary/aromatic N) is 3. The zero-order valence-electron chi connectivity index (χ0n) is 11.5. The molecule has 114 valence electrons. The Balaban J connectivity index is 2.21. The Bertz CT molecular complexity index is 737. The summed E-state index contributed by atoms with van der Waals surface area (Å²) in [5, 5.41) is 11.4. The molecule has 1 heterocycles. The molecular formula is C14H11Cl2N3O3. The lowest BCUT2D eigenvalue weighted by atomic mass is 10.1. The standard InChI is InChI=1S/C14H11Cl2N3O3/c1-18(14(20)9-4-5-17-13(16)7-9)8-10-6-11(19(21)22)2-3-12(10)15/h2-7H,8H2,1H3. The molecule has 0 fully saturated rings. The fraction of sp³-hybridized carbons (Fsp3) is 0.143. The van der Waals surface area contributed by atoms with Gasteiger partial charge in [0.25, 0.3) is 11.6 Å². The highest BCUT2D eigenvalue weighted by molar-refractivity contribution is 6.31. The highest BCUT2D eigenvalue weighted by Gasteiger charge is 2.16. The summed E-state index contributed by atoms with van der Waals surface area (Å²) in [6.45, 7) is 0.138. The van der Waals surface area contributed by atoms with Gasteiger partial charge in [0.15, 0.2) is 0 Å². The molecule has 0 spiro atoms. The highest BCUT2D eigenvalue weighted by atomic mass is 35.5. The predicted molar refractivity (Wildman–Crippen MR) is 83.2 cm³/mol. The fourth-order valence-corrected chi connectivity index (χ4v) is 2.23. The van der Waals surface area contributed by atoms with Crippen molar-refractivity contribution in [3.63, 3.8) is 0 Å². The van der Waals surface area contributed by atoms with Gasteiger partial charge in [-0.2, -0.15) is 0 Å². The van der Waals surface area contributed by atoms with Crippen LogP contribution in [0.3, 0.4) is 0 Å². The lowest BCUT2D eigenvalue weighted by molar-refractivity contribution is -0.384. The van der Waals surface area contributed by atoms with Crippen LogP contribution in [0.25, 0.3) is 0 Å². The molecule has 22 heavy (non-hydrogen) atoms. The van der Waals surface area contributed by atoms with E-state index in [-0.39, 0.29) is 23.3 Å². The second-order valence-corrected chi connectivity index (χ2v) is 5.36. The van der Waals surface area contributed by atoms with Crippen LogP contribution in [-0.2, 0) is 6.54 Å². The van der Waals surface area contributed by atoms with E-state index in [2.05, 4.69) is 4.98 Å². The quantitative estimate of drug-likeness (QED) is 0.484. The summed E-state index contributed by atoms with van der Waals surface area (Å²) in [4.78, 5) is 27.8. The third-order valence-corrected chi connectivity index (χ3v) is 3.54. The van der Waals surface area contributed by atoms with Crippen molar-refractivity contribution in [3.05, 3.63) is 67.9 Å². The number of hydrogen-bond donors (Lipinski definition) is 0. The first kappa shape index (κ1) is 16.2. The molecule has 6 nitrogen and oxygen atoms in total. The second-order valence-electron chi connectivity index (χ2n) is 4.56. The number of amides is 1. The summed E-state index contributed by atoms with van der Waals surface area (Å²) in [6.07, 6.45) is 1.43. The monoisotopic (exact) mass is 339 g/mol. The molecular weight excluding hydrogens is 329 g/mol. The molecule has 2 aromatic rings. The van der Waals surface area contributed by atoms with Crippen LogP contribution in [0.2, 0.25) is 10.2 Å². The van der Waals surface area contributed by atoms with E-state index in [0.717, 1.165) is 0 Å². The number of rotatable bonds is 4. The minimum atomic E-state index is -0.510. The molecule has 1 aromatic heterocycles. The Kier molecular flexibility index (Phi) is 4.95. The minimum Gasteiger partial charge on any atom is -0.337 e. The molecule has 0 atom stereocenters. The minimum absolute atomic E-state index is 0.0767. The van der Waals surface area contributed by atoms with Gasteiger partial charge in [0.2, 0.25) is 0 Å². The molecule has 0 aliphatic carbocycles. The number of carbonyl (C=O) groups is 1. The van der Waals surface area contributed by atoms with Gasteiger partial charge in [-0.15, -0.1) is 0 Å². The number of carbonyl (C=O) groups excluding carboxylic acids is 1. The van der Waals surface area contributed by atoms with E-state index in [1.165, 1.54) is 35.4 Å². The number of halogens is 2. The molecule has 8 heteroatoms. The number of pyridine rings is 1. The first-order valence-corrected chi connectivity index (χ1v) is 6.94. The van der Waals surface area contributed by atoms with Crippen LogP contribution in [0.15, 0.2) is 36.5 Å². The topological polar surface area (TPSA) is 76.3 Å². The molecule has 1 amide bonds. The smallest absolute Gasteiger partial charge is 0.269 e. The Hall–Kier alpha value is -2.18. The van der Waals surface area contributed by atoms with Gasteiger partial charge in [-0.3, -0.25) is 14.9 Å². The number of nitro groups is 1. The van der Waals surface area contributed by atoms with Crippen LogP contribution in [0.5, 0.6) is 0 Å². The lowest BCUT2D eigenvalue weighted by Crippen LogP contribution is -2.26. The zero-order chi connectivity index (χ0) is 16.3. The van der Waals surface area contributed by atoms with Crippen molar-refractivity contribution in [2.75, 3.05) is 7.05 Å². The molecule has 0 aliphatic heterocycles. The average Bonchev–Trinajstić information content (AvgIpc) is 2.48. The summed E-state index contributed by atoms with van der Waals surface area (Å²) in [5.74, 6) is -0.285. The summed E-state index contributed by atoms with van der Waals surface area (Å²) in [7, 11) is 1.58. The number of benzene rings is 1. The van der Waals surface area contributed by atoms with Crippen molar-refractivity contribution >= 4 is 34.8 Å². The molecule has 1 aromatic carbocycles. The fourth-order valence-electron chi connectivity index (χ4n) is 1.88. The van der Waals surface area contributed by atoms with Gasteiger partial charge >= 0.3 is 0 Å². The first-order chi connectivity index (χ1) is 10.4. The summed E-state index contributed by atoms with van der Waals surface area (Å²) in [6, 6.07) is 7.10. The van der Waals surface area contributed by atoms with Crippen molar-refractivity contribution in [2.24, 2.45) is 0 Å². The van der Waals surface area contributed by atoms with Crippen molar-refractivity contribution < 1.29 is 9.72 Å². The van der Waals surface area contributed by atoms with Crippen LogP contribution in [-0.4, -0.2) is 27.8 Å². The molecule has 0 radical (unpaired) electrons. The predicted octanol–water partition coefficient (Wildman–Crippen LogP) is 3.57. The first-order valence-electron chi connectivity index (χ1n) is 6.18. The van der Waals surface area contributed by atoms with Gasteiger partial charge in [0, 0.05) is 42.5 Å². The number of aromatic nitrogens is 1. The Labute approximate surface area is 136 Å². The van der Waals surface area contributed by atoms with Gasteiger partial charge in [-0.05, 0) is 23.8 Å². The molecule has 0 N–H and O–H groups in total. The van der Waals surface area contributed by atoms with E-state index < -0.39 is 4.92 Å². The highest BCUT2D eigenvalue weighted by Crippen LogP contribution is 2.23. The summed E-state index contributed by atoms with van der Waals surface area (Å²) in [5.41, 5.74) is 0.795. The SMILES string of the molecule is CN(Cc1cc([N+](=O)[O-])ccc1Cl)C(=O)c1ccnc(Cl)c1. The van der Waals surface area contributed by atoms with Gasteiger partial charge in [-0.25, -0.2) is 4.98 Å². The number of hydrogen-bond acceptors (Lipinski definition) is 4. The van der Waals surface area contributed by atoms with E-state index in [4.69, 9.17) is 23.2 Å². The van der Waals surface area contributed by atoms with Crippen LogP contribution in [0.4, 0.5) is 5.69 Å². The largest absolute Gasteiger partial charge is 0.337 e. The third-order valence-electron chi connectivity index (χ3n) is 2.97. The van der Waals surface area contributed by atoms with Gasteiger partial charge < -0.3 is 4.90 Å². The van der Waals surface area contributed by atoms with Gasteiger partial charge in [0.05, 0.1) is 4.92 Å². The van der Waals surface area contributed by atoms with E-state index >= 15 is 0 Å². The zero-order valence-corrected chi connectivity index (χ0v) is 13.0. The van der Waals surface area contributed by atoms with Crippen LogP contribution < -0.4 is 0 Å². The molecule has 0 aliphatic rings. The Morgan fingerprint density at radius 1 is 1.32 bits per heavy atom. The Morgan fingerprint density at radius 3 is 2.68 bits per heavy atom. The van der Waals surface area contributed by atoms with E-state index in [1.54, 1.807) is 13.1 Å². The van der Waals surface area contributed by atoms with Crippen molar-refractivity contribution in [1.82, 2.24) is 9.88 Å². The Morgan fingerprint density at radius 2 is 2.05 bits per heavy atom. The third kappa shape index (κ3) is 3.72. The molecule has 0 bridgehead atoms.